The van der Waals surface area contributed by atoms with Crippen LogP contribution in [0.3, 0.4) is 0 Å². The lowest BCUT2D eigenvalue weighted by Gasteiger charge is -2.45. The Hall–Kier alpha value is -1.07. The first-order valence-electron chi connectivity index (χ1n) is 7.03. The molecule has 4 nitrogen and oxygen atoms in total. The first kappa shape index (κ1) is 13.9. The van der Waals surface area contributed by atoms with Gasteiger partial charge < -0.3 is 14.5 Å². The van der Waals surface area contributed by atoms with E-state index in [1.54, 1.807) is 4.90 Å². The molecule has 1 atom stereocenters. The number of carbonyl (C=O) groups is 1. The zero-order valence-electron chi connectivity index (χ0n) is 11.8. The van der Waals surface area contributed by atoms with Crippen LogP contribution < -0.4 is 9.80 Å². The van der Waals surface area contributed by atoms with Crippen molar-refractivity contribution < 1.29 is 9.53 Å². The van der Waals surface area contributed by atoms with Crippen molar-refractivity contribution in [3.8, 4) is 0 Å². The first-order valence-corrected chi connectivity index (χ1v) is 7.82. The Morgan fingerprint density at radius 3 is 2.65 bits per heavy atom. The van der Waals surface area contributed by atoms with Crippen molar-refractivity contribution in [2.75, 3.05) is 30.1 Å². The normalized spacial score (nSPS) is 23.9. The van der Waals surface area contributed by atoms with Gasteiger partial charge in [0.15, 0.2) is 0 Å². The van der Waals surface area contributed by atoms with Crippen LogP contribution in [-0.4, -0.2) is 38.3 Å². The molecule has 2 heterocycles. The van der Waals surface area contributed by atoms with Gasteiger partial charge in [0.1, 0.15) is 6.04 Å². The molecular formula is C15H19BrN2O2. The van der Waals surface area contributed by atoms with Gasteiger partial charge in [-0.3, -0.25) is 4.79 Å². The molecule has 0 aromatic heterocycles. The minimum absolute atomic E-state index is 0.120. The standard InChI is InChI=1S/C15H19BrN2O2/c1-10-15(19)17(2)13-4-3-11(16)9-14(13)18(10)12-5-7-20-8-6-12/h3-4,9-10,12H,5-8H2,1-2H3/t10-/m1/s1. The Morgan fingerprint density at radius 1 is 1.25 bits per heavy atom. The number of rotatable bonds is 1. The Kier molecular flexibility index (Phi) is 3.73. The summed E-state index contributed by atoms with van der Waals surface area (Å²) < 4.78 is 6.50. The molecule has 20 heavy (non-hydrogen) atoms. The summed E-state index contributed by atoms with van der Waals surface area (Å²) in [5.41, 5.74) is 2.13. The molecule has 108 valence electrons. The van der Waals surface area contributed by atoms with Gasteiger partial charge in [-0.1, -0.05) is 15.9 Å². The topological polar surface area (TPSA) is 32.8 Å². The second kappa shape index (κ2) is 5.37. The average molecular weight is 339 g/mol. The van der Waals surface area contributed by atoms with Crippen molar-refractivity contribution in [2.45, 2.75) is 31.8 Å². The van der Waals surface area contributed by atoms with E-state index in [1.807, 2.05) is 26.1 Å². The maximum Gasteiger partial charge on any atom is 0.249 e. The number of fused-ring (bicyclic) bond motifs is 1. The van der Waals surface area contributed by atoms with E-state index in [0.29, 0.717) is 6.04 Å². The van der Waals surface area contributed by atoms with E-state index in [1.165, 1.54) is 0 Å². The maximum absolute atomic E-state index is 12.5. The van der Waals surface area contributed by atoms with E-state index in [-0.39, 0.29) is 11.9 Å². The number of halogens is 1. The third kappa shape index (κ3) is 2.23. The number of carbonyl (C=O) groups excluding carboxylic acids is 1. The molecule has 0 radical (unpaired) electrons. The lowest BCUT2D eigenvalue weighted by molar-refractivity contribution is -0.119. The highest BCUT2D eigenvalue weighted by Crippen LogP contribution is 2.39. The third-order valence-electron chi connectivity index (χ3n) is 4.27. The van der Waals surface area contributed by atoms with Gasteiger partial charge in [-0.05, 0) is 38.0 Å². The predicted molar refractivity (Wildman–Crippen MR) is 83.3 cm³/mol. The summed E-state index contributed by atoms with van der Waals surface area (Å²) in [6.07, 6.45) is 1.96. The molecule has 1 amide bonds. The summed E-state index contributed by atoms with van der Waals surface area (Å²) in [6, 6.07) is 6.37. The van der Waals surface area contributed by atoms with Gasteiger partial charge in [0.2, 0.25) is 5.91 Å². The highest BCUT2D eigenvalue weighted by atomic mass is 79.9. The molecule has 2 aliphatic rings. The quantitative estimate of drug-likeness (QED) is 0.789. The summed E-state index contributed by atoms with van der Waals surface area (Å²) >= 11 is 3.54. The maximum atomic E-state index is 12.5. The van der Waals surface area contributed by atoms with Crippen LogP contribution in [-0.2, 0) is 9.53 Å². The van der Waals surface area contributed by atoms with Crippen molar-refractivity contribution in [3.63, 3.8) is 0 Å². The van der Waals surface area contributed by atoms with E-state index in [9.17, 15) is 4.79 Å². The fraction of sp³-hybridized carbons (Fsp3) is 0.533. The molecule has 5 heteroatoms. The highest BCUT2D eigenvalue weighted by molar-refractivity contribution is 9.10. The van der Waals surface area contributed by atoms with Crippen LogP contribution in [0, 0.1) is 0 Å². The summed E-state index contributed by atoms with van der Waals surface area (Å²) in [7, 11) is 1.85. The summed E-state index contributed by atoms with van der Waals surface area (Å²) in [5.74, 6) is 0.159. The van der Waals surface area contributed by atoms with Crippen LogP contribution in [0.5, 0.6) is 0 Å². The Bertz CT molecular complexity index is 529. The second-order valence-corrected chi connectivity index (χ2v) is 6.37. The van der Waals surface area contributed by atoms with Crippen LogP contribution in [0.1, 0.15) is 19.8 Å². The van der Waals surface area contributed by atoms with Crippen molar-refractivity contribution in [1.82, 2.24) is 0 Å². The van der Waals surface area contributed by atoms with E-state index in [4.69, 9.17) is 4.74 Å². The van der Waals surface area contributed by atoms with E-state index in [0.717, 1.165) is 41.9 Å². The van der Waals surface area contributed by atoms with Gasteiger partial charge in [-0.25, -0.2) is 0 Å². The van der Waals surface area contributed by atoms with Crippen molar-refractivity contribution in [2.24, 2.45) is 0 Å². The Balaban J connectivity index is 2.05. The number of anilines is 2. The fourth-order valence-electron chi connectivity index (χ4n) is 3.19. The monoisotopic (exact) mass is 338 g/mol. The summed E-state index contributed by atoms with van der Waals surface area (Å²) in [6.45, 7) is 3.56. The molecule has 0 bridgehead atoms. The molecule has 0 aliphatic carbocycles. The molecule has 1 aromatic carbocycles. The molecule has 0 unspecified atom stereocenters. The van der Waals surface area contributed by atoms with E-state index in [2.05, 4.69) is 26.9 Å². The van der Waals surface area contributed by atoms with Crippen LogP contribution in [0.15, 0.2) is 22.7 Å². The van der Waals surface area contributed by atoms with Gasteiger partial charge >= 0.3 is 0 Å². The molecule has 3 rings (SSSR count). The van der Waals surface area contributed by atoms with Gasteiger partial charge in [-0.15, -0.1) is 0 Å². The number of hydrogen-bond acceptors (Lipinski definition) is 3. The first-order chi connectivity index (χ1) is 9.59. The Labute approximate surface area is 127 Å². The number of hydrogen-bond donors (Lipinski definition) is 0. The Morgan fingerprint density at radius 2 is 1.95 bits per heavy atom. The number of likely N-dealkylation sites (N-methyl/N-ethyl adjacent to an activating group) is 1. The van der Waals surface area contributed by atoms with Crippen molar-refractivity contribution in [3.05, 3.63) is 22.7 Å². The molecule has 0 spiro atoms. The van der Waals surface area contributed by atoms with Crippen LogP contribution in [0.4, 0.5) is 11.4 Å². The van der Waals surface area contributed by atoms with Crippen LogP contribution in [0.2, 0.25) is 0 Å². The molecular weight excluding hydrogens is 320 g/mol. The van der Waals surface area contributed by atoms with Crippen LogP contribution in [0.25, 0.3) is 0 Å². The molecule has 1 aromatic rings. The highest BCUT2D eigenvalue weighted by Gasteiger charge is 2.37. The smallest absolute Gasteiger partial charge is 0.249 e. The van der Waals surface area contributed by atoms with Crippen molar-refractivity contribution >= 4 is 33.2 Å². The predicted octanol–water partition coefficient (Wildman–Crippen LogP) is 2.80. The minimum Gasteiger partial charge on any atom is -0.381 e. The zero-order valence-corrected chi connectivity index (χ0v) is 13.4. The molecule has 0 saturated carbocycles. The van der Waals surface area contributed by atoms with Gasteiger partial charge in [0.05, 0.1) is 11.4 Å². The average Bonchev–Trinajstić information content (AvgIpc) is 2.46. The molecule has 1 saturated heterocycles. The van der Waals surface area contributed by atoms with Gasteiger partial charge in [0, 0.05) is 30.8 Å². The lowest BCUT2D eigenvalue weighted by Crippen LogP contribution is -2.55. The lowest BCUT2D eigenvalue weighted by atomic mass is 9.99. The molecule has 0 N–H and O–H groups in total. The number of ether oxygens (including phenoxy) is 1. The SMILES string of the molecule is C[C@@H]1C(=O)N(C)c2ccc(Br)cc2N1C1CCOCC1. The van der Waals surface area contributed by atoms with Crippen molar-refractivity contribution in [1.29, 1.82) is 0 Å². The zero-order chi connectivity index (χ0) is 14.3. The number of benzene rings is 1. The van der Waals surface area contributed by atoms with E-state index >= 15 is 0 Å². The van der Waals surface area contributed by atoms with Gasteiger partial charge in [-0.2, -0.15) is 0 Å². The molecule has 2 aliphatic heterocycles. The number of amides is 1. The van der Waals surface area contributed by atoms with E-state index < -0.39 is 0 Å². The third-order valence-corrected chi connectivity index (χ3v) is 4.76. The summed E-state index contributed by atoms with van der Waals surface area (Å²) in [5, 5.41) is 0. The summed E-state index contributed by atoms with van der Waals surface area (Å²) in [4.78, 5) is 16.5. The minimum atomic E-state index is -0.120. The van der Waals surface area contributed by atoms with Gasteiger partial charge in [0.25, 0.3) is 0 Å². The fourth-order valence-corrected chi connectivity index (χ4v) is 3.54. The van der Waals surface area contributed by atoms with Crippen LogP contribution >= 0.6 is 15.9 Å². The molecule has 1 fully saturated rings. The second-order valence-electron chi connectivity index (χ2n) is 5.46. The largest absolute Gasteiger partial charge is 0.381 e. The number of nitrogens with zero attached hydrogens (tertiary/aromatic N) is 2.